The van der Waals surface area contributed by atoms with Gasteiger partial charge in [0, 0.05) is 36.1 Å². The topological polar surface area (TPSA) is 49.4 Å². The van der Waals surface area contributed by atoms with Crippen molar-refractivity contribution >= 4 is 23.6 Å². The van der Waals surface area contributed by atoms with Crippen LogP contribution >= 0.6 is 11.8 Å². The molecule has 0 bridgehead atoms. The van der Waals surface area contributed by atoms with Gasteiger partial charge in [0.25, 0.3) is 0 Å². The van der Waals surface area contributed by atoms with Crippen LogP contribution in [0, 0.1) is 13.8 Å². The van der Waals surface area contributed by atoms with Gasteiger partial charge in [-0.05, 0) is 51.0 Å². The molecule has 0 aliphatic carbocycles. The SMILES string of the molecule is Cc1ccc(CN(C(=O)CCSc2ccc(C)cc2)C(Cc2ccccc2)C(=O)NC(C)C)cc1. The first kappa shape index (κ1) is 26.6. The zero-order valence-corrected chi connectivity index (χ0v) is 22.0. The van der Waals surface area contributed by atoms with Gasteiger partial charge in [-0.2, -0.15) is 0 Å². The summed E-state index contributed by atoms with van der Waals surface area (Å²) < 4.78 is 0. The van der Waals surface area contributed by atoms with Gasteiger partial charge in [-0.1, -0.05) is 77.9 Å². The van der Waals surface area contributed by atoms with Gasteiger partial charge in [-0.3, -0.25) is 9.59 Å². The molecule has 0 radical (unpaired) electrons. The van der Waals surface area contributed by atoms with Gasteiger partial charge in [0.05, 0.1) is 0 Å². The Hall–Kier alpha value is -3.05. The summed E-state index contributed by atoms with van der Waals surface area (Å²) in [4.78, 5) is 29.9. The molecule has 1 atom stereocenters. The smallest absolute Gasteiger partial charge is 0.243 e. The number of hydrogen-bond donors (Lipinski definition) is 1. The molecule has 0 aromatic heterocycles. The number of carbonyl (C=O) groups excluding carboxylic acids is 2. The van der Waals surface area contributed by atoms with Crippen molar-refractivity contribution < 1.29 is 9.59 Å². The minimum atomic E-state index is -0.585. The molecule has 35 heavy (non-hydrogen) atoms. The lowest BCUT2D eigenvalue weighted by Gasteiger charge is -2.32. The Kier molecular flexibility index (Phi) is 9.98. The first-order valence-corrected chi connectivity index (χ1v) is 13.2. The molecule has 2 amide bonds. The number of thioether (sulfide) groups is 1. The number of nitrogens with one attached hydrogen (secondary N) is 1. The quantitative estimate of drug-likeness (QED) is 0.339. The van der Waals surface area contributed by atoms with Crippen LogP contribution in [0.25, 0.3) is 0 Å². The fourth-order valence-corrected chi connectivity index (χ4v) is 4.70. The number of aryl methyl sites for hydroxylation is 2. The highest BCUT2D eigenvalue weighted by molar-refractivity contribution is 7.99. The summed E-state index contributed by atoms with van der Waals surface area (Å²) in [5.41, 5.74) is 4.44. The minimum absolute atomic E-state index is 0.00538. The van der Waals surface area contributed by atoms with Crippen LogP contribution in [0.15, 0.2) is 83.8 Å². The molecule has 4 nitrogen and oxygen atoms in total. The third-order valence-electron chi connectivity index (χ3n) is 5.78. The minimum Gasteiger partial charge on any atom is -0.352 e. The van der Waals surface area contributed by atoms with E-state index in [0.717, 1.165) is 16.0 Å². The van der Waals surface area contributed by atoms with Crippen molar-refractivity contribution in [2.75, 3.05) is 5.75 Å². The van der Waals surface area contributed by atoms with Gasteiger partial charge < -0.3 is 10.2 Å². The summed E-state index contributed by atoms with van der Waals surface area (Å²) in [5, 5.41) is 3.04. The van der Waals surface area contributed by atoms with E-state index in [9.17, 15) is 9.59 Å². The second kappa shape index (κ2) is 13.1. The molecule has 0 heterocycles. The van der Waals surface area contributed by atoms with Crippen LogP contribution in [0.1, 0.15) is 42.5 Å². The number of rotatable bonds is 11. The van der Waals surface area contributed by atoms with E-state index in [1.807, 2.05) is 75.4 Å². The van der Waals surface area contributed by atoms with E-state index >= 15 is 0 Å². The molecule has 0 spiro atoms. The highest BCUT2D eigenvalue weighted by Crippen LogP contribution is 2.21. The van der Waals surface area contributed by atoms with Crippen molar-refractivity contribution in [3.63, 3.8) is 0 Å². The van der Waals surface area contributed by atoms with Crippen LogP contribution in [-0.2, 0) is 22.6 Å². The highest BCUT2D eigenvalue weighted by atomic mass is 32.2. The molecule has 0 fully saturated rings. The maximum atomic E-state index is 13.6. The van der Waals surface area contributed by atoms with Gasteiger partial charge in [-0.15, -0.1) is 11.8 Å². The summed E-state index contributed by atoms with van der Waals surface area (Å²) in [7, 11) is 0. The lowest BCUT2D eigenvalue weighted by atomic mass is 10.0. The third-order valence-corrected chi connectivity index (χ3v) is 6.79. The predicted octanol–water partition coefficient (Wildman–Crippen LogP) is 5.95. The van der Waals surface area contributed by atoms with Crippen molar-refractivity contribution in [1.82, 2.24) is 10.2 Å². The van der Waals surface area contributed by atoms with Gasteiger partial charge in [0.1, 0.15) is 6.04 Å². The van der Waals surface area contributed by atoms with E-state index in [0.29, 0.717) is 25.1 Å². The van der Waals surface area contributed by atoms with Crippen molar-refractivity contribution in [1.29, 1.82) is 0 Å². The van der Waals surface area contributed by atoms with Crippen LogP contribution < -0.4 is 5.32 Å². The zero-order chi connectivity index (χ0) is 25.2. The monoisotopic (exact) mass is 488 g/mol. The summed E-state index contributed by atoms with van der Waals surface area (Å²) >= 11 is 1.67. The molecule has 1 N–H and O–H groups in total. The van der Waals surface area contributed by atoms with Crippen LogP contribution in [0.3, 0.4) is 0 Å². The van der Waals surface area contributed by atoms with Crippen LogP contribution in [0.4, 0.5) is 0 Å². The fourth-order valence-electron chi connectivity index (χ4n) is 3.86. The number of amides is 2. The first-order chi connectivity index (χ1) is 16.8. The van der Waals surface area contributed by atoms with E-state index in [4.69, 9.17) is 0 Å². The molecule has 3 aromatic rings. The number of hydrogen-bond acceptors (Lipinski definition) is 3. The Morgan fingerprint density at radius 3 is 2.03 bits per heavy atom. The van der Waals surface area contributed by atoms with Gasteiger partial charge in [-0.25, -0.2) is 0 Å². The third kappa shape index (κ3) is 8.59. The summed E-state index contributed by atoms with van der Waals surface area (Å²) in [6, 6.07) is 25.8. The second-order valence-electron chi connectivity index (χ2n) is 9.29. The average Bonchev–Trinajstić information content (AvgIpc) is 2.84. The maximum Gasteiger partial charge on any atom is 0.243 e. The van der Waals surface area contributed by atoms with E-state index < -0.39 is 6.04 Å². The van der Waals surface area contributed by atoms with Gasteiger partial charge >= 0.3 is 0 Å². The molecule has 1 unspecified atom stereocenters. The molecular formula is C30H36N2O2S. The van der Waals surface area contributed by atoms with E-state index in [-0.39, 0.29) is 17.9 Å². The van der Waals surface area contributed by atoms with Crippen LogP contribution in [0.2, 0.25) is 0 Å². The normalized spacial score (nSPS) is 11.8. The fraction of sp³-hybridized carbons (Fsp3) is 0.333. The lowest BCUT2D eigenvalue weighted by molar-refractivity contribution is -0.141. The molecule has 0 saturated carbocycles. The van der Waals surface area contributed by atoms with E-state index in [1.54, 1.807) is 16.7 Å². The Bertz CT molecular complexity index is 1080. The molecule has 3 aromatic carbocycles. The van der Waals surface area contributed by atoms with Crippen LogP contribution in [-0.4, -0.2) is 34.6 Å². The summed E-state index contributed by atoms with van der Waals surface area (Å²) in [5.74, 6) is 0.538. The second-order valence-corrected chi connectivity index (χ2v) is 10.5. The van der Waals surface area contributed by atoms with E-state index in [1.165, 1.54) is 11.1 Å². The Balaban J connectivity index is 1.83. The largest absolute Gasteiger partial charge is 0.352 e. The molecule has 184 valence electrons. The molecule has 0 aliphatic rings. The van der Waals surface area contributed by atoms with Crippen molar-refractivity contribution in [2.45, 2.75) is 64.1 Å². The molecule has 0 aliphatic heterocycles. The lowest BCUT2D eigenvalue weighted by Crippen LogP contribution is -2.51. The summed E-state index contributed by atoms with van der Waals surface area (Å²) in [6.07, 6.45) is 0.840. The number of benzene rings is 3. The zero-order valence-electron chi connectivity index (χ0n) is 21.2. The molecule has 5 heteroatoms. The molecular weight excluding hydrogens is 452 g/mol. The molecule has 0 saturated heterocycles. The highest BCUT2D eigenvalue weighted by Gasteiger charge is 2.30. The number of nitrogens with zero attached hydrogens (tertiary/aromatic N) is 1. The maximum absolute atomic E-state index is 13.6. The first-order valence-electron chi connectivity index (χ1n) is 12.2. The number of carbonyl (C=O) groups is 2. The Morgan fingerprint density at radius 1 is 0.829 bits per heavy atom. The van der Waals surface area contributed by atoms with E-state index in [2.05, 4.69) is 36.5 Å². The van der Waals surface area contributed by atoms with Crippen LogP contribution in [0.5, 0.6) is 0 Å². The van der Waals surface area contributed by atoms with Crippen molar-refractivity contribution in [2.24, 2.45) is 0 Å². The standard InChI is InChI=1S/C30H36N2O2S/c1-22(2)31-30(34)28(20-25-8-6-5-7-9-25)32(21-26-14-10-23(3)11-15-26)29(33)18-19-35-27-16-12-24(4)13-17-27/h5-17,22,28H,18-21H2,1-4H3,(H,31,34). The Morgan fingerprint density at radius 2 is 1.43 bits per heavy atom. The average molecular weight is 489 g/mol. The van der Waals surface area contributed by atoms with Crippen molar-refractivity contribution in [3.8, 4) is 0 Å². The predicted molar refractivity (Wildman–Crippen MR) is 145 cm³/mol. The van der Waals surface area contributed by atoms with Crippen molar-refractivity contribution in [3.05, 3.63) is 101 Å². The molecule has 3 rings (SSSR count). The van der Waals surface area contributed by atoms with Gasteiger partial charge in [0.2, 0.25) is 11.8 Å². The Labute approximate surface area is 214 Å². The summed E-state index contributed by atoms with van der Waals surface area (Å²) in [6.45, 7) is 8.40. The van der Waals surface area contributed by atoms with Gasteiger partial charge in [0.15, 0.2) is 0 Å².